The molecule has 2 aromatic carbocycles. The molecule has 0 aliphatic carbocycles. The molecule has 30 heavy (non-hydrogen) atoms. The van der Waals surface area contributed by atoms with E-state index >= 15 is 0 Å². The first-order chi connectivity index (χ1) is 14.4. The topological polar surface area (TPSA) is 82.6 Å². The Labute approximate surface area is 187 Å². The SMILES string of the molecule is C[C@@H](Oc1ccc(Oc2cnc3cc(Cl)ccc3n2)cc1)C(=O)NOCC=C(Cl)Cl. The Morgan fingerprint density at radius 1 is 1.13 bits per heavy atom. The Kier molecular flexibility index (Phi) is 7.70. The van der Waals surface area contributed by atoms with Gasteiger partial charge in [-0.25, -0.2) is 15.4 Å². The third kappa shape index (κ3) is 6.47. The maximum Gasteiger partial charge on any atom is 0.284 e. The highest BCUT2D eigenvalue weighted by Gasteiger charge is 2.14. The number of amides is 1. The smallest absolute Gasteiger partial charge is 0.284 e. The quantitative estimate of drug-likeness (QED) is 0.361. The van der Waals surface area contributed by atoms with E-state index in [4.69, 9.17) is 49.1 Å². The second-order valence-electron chi connectivity index (χ2n) is 5.95. The van der Waals surface area contributed by atoms with Crippen LogP contribution in [0, 0.1) is 0 Å². The summed E-state index contributed by atoms with van der Waals surface area (Å²) in [6.45, 7) is 1.63. The number of fused-ring (bicyclic) bond motifs is 1. The number of hydroxylamine groups is 1. The molecule has 1 amide bonds. The fourth-order valence-electron chi connectivity index (χ4n) is 2.28. The third-order valence-electron chi connectivity index (χ3n) is 3.70. The first-order valence-electron chi connectivity index (χ1n) is 8.70. The molecular weight excluding hydrogens is 453 g/mol. The van der Waals surface area contributed by atoms with Gasteiger partial charge in [-0.2, -0.15) is 0 Å². The maximum atomic E-state index is 11.9. The van der Waals surface area contributed by atoms with Crippen molar-refractivity contribution in [3.8, 4) is 17.4 Å². The lowest BCUT2D eigenvalue weighted by Gasteiger charge is -2.14. The highest BCUT2D eigenvalue weighted by molar-refractivity contribution is 6.55. The third-order valence-corrected chi connectivity index (χ3v) is 4.25. The molecule has 1 N–H and O–H groups in total. The van der Waals surface area contributed by atoms with Gasteiger partial charge in [0.25, 0.3) is 5.91 Å². The van der Waals surface area contributed by atoms with Crippen molar-refractivity contribution in [2.75, 3.05) is 6.61 Å². The highest BCUT2D eigenvalue weighted by Crippen LogP contribution is 2.24. The van der Waals surface area contributed by atoms with Crippen LogP contribution in [0.2, 0.25) is 5.02 Å². The van der Waals surface area contributed by atoms with Gasteiger partial charge in [-0.3, -0.25) is 9.63 Å². The number of nitrogens with zero attached hydrogens (tertiary/aromatic N) is 2. The fourth-order valence-corrected chi connectivity index (χ4v) is 2.57. The van der Waals surface area contributed by atoms with Crippen molar-refractivity contribution in [2.45, 2.75) is 13.0 Å². The number of benzene rings is 2. The summed E-state index contributed by atoms with van der Waals surface area (Å²) in [6.07, 6.45) is 2.12. The van der Waals surface area contributed by atoms with Crippen LogP contribution in [0.15, 0.2) is 59.2 Å². The molecular formula is C20H16Cl3N3O4. The molecule has 0 fully saturated rings. The Morgan fingerprint density at radius 2 is 1.87 bits per heavy atom. The van der Waals surface area contributed by atoms with Gasteiger partial charge in [-0.15, -0.1) is 0 Å². The molecule has 3 aromatic rings. The van der Waals surface area contributed by atoms with E-state index in [1.54, 1.807) is 49.4 Å². The Morgan fingerprint density at radius 3 is 2.60 bits per heavy atom. The zero-order valence-electron chi connectivity index (χ0n) is 15.6. The first kappa shape index (κ1) is 22.1. The summed E-state index contributed by atoms with van der Waals surface area (Å²) in [5.41, 5.74) is 3.59. The minimum atomic E-state index is -0.787. The standard InChI is InChI=1S/C20H16Cl3N3O4/c1-12(20(27)26-28-9-8-18(22)23)29-14-3-5-15(6-4-14)30-19-11-24-17-10-13(21)2-7-16(17)25-19/h2-8,10-12H,9H2,1H3,(H,26,27)/t12-/m1/s1. The van der Waals surface area contributed by atoms with Crippen LogP contribution in [-0.4, -0.2) is 28.6 Å². The van der Waals surface area contributed by atoms with Crippen LogP contribution in [0.4, 0.5) is 0 Å². The van der Waals surface area contributed by atoms with Crippen molar-refractivity contribution in [1.29, 1.82) is 0 Å². The Balaban J connectivity index is 1.55. The second-order valence-corrected chi connectivity index (χ2v) is 7.39. The van der Waals surface area contributed by atoms with Crippen molar-refractivity contribution in [3.63, 3.8) is 0 Å². The van der Waals surface area contributed by atoms with E-state index in [1.165, 1.54) is 12.3 Å². The second kappa shape index (κ2) is 10.4. The van der Waals surface area contributed by atoms with E-state index < -0.39 is 12.0 Å². The van der Waals surface area contributed by atoms with Crippen molar-refractivity contribution >= 4 is 51.7 Å². The van der Waals surface area contributed by atoms with E-state index in [1.807, 2.05) is 0 Å². The van der Waals surface area contributed by atoms with Gasteiger partial charge in [0.1, 0.15) is 16.0 Å². The minimum absolute atomic E-state index is 0.0392. The van der Waals surface area contributed by atoms with Crippen molar-refractivity contribution < 1.29 is 19.1 Å². The molecule has 7 nitrogen and oxygen atoms in total. The molecule has 0 aliphatic rings. The van der Waals surface area contributed by atoms with Gasteiger partial charge in [0.05, 0.1) is 23.8 Å². The molecule has 0 unspecified atom stereocenters. The summed E-state index contributed by atoms with van der Waals surface area (Å²) in [5.74, 6) is 0.901. The molecule has 1 heterocycles. The summed E-state index contributed by atoms with van der Waals surface area (Å²) in [4.78, 5) is 25.5. The number of nitrogens with one attached hydrogen (secondary N) is 1. The zero-order chi connectivity index (χ0) is 21.5. The van der Waals surface area contributed by atoms with Gasteiger partial charge < -0.3 is 9.47 Å². The summed E-state index contributed by atoms with van der Waals surface area (Å²) < 4.78 is 11.3. The molecule has 3 rings (SSSR count). The number of aromatic nitrogens is 2. The lowest BCUT2D eigenvalue weighted by atomic mass is 10.3. The molecule has 10 heteroatoms. The molecule has 0 spiro atoms. The van der Waals surface area contributed by atoms with Crippen LogP contribution >= 0.6 is 34.8 Å². The molecule has 0 aliphatic heterocycles. The predicted octanol–water partition coefficient (Wildman–Crippen LogP) is 5.21. The number of ether oxygens (including phenoxy) is 2. The summed E-state index contributed by atoms with van der Waals surface area (Å²) in [6, 6.07) is 12.0. The van der Waals surface area contributed by atoms with Gasteiger partial charge in [0, 0.05) is 5.02 Å². The number of hydrogen-bond donors (Lipinski definition) is 1. The van der Waals surface area contributed by atoms with Crippen LogP contribution in [0.5, 0.6) is 17.4 Å². The number of halogens is 3. The molecule has 0 bridgehead atoms. The zero-order valence-corrected chi connectivity index (χ0v) is 17.9. The van der Waals surface area contributed by atoms with Crippen molar-refractivity contribution in [2.24, 2.45) is 0 Å². The largest absolute Gasteiger partial charge is 0.481 e. The van der Waals surface area contributed by atoms with Crippen LogP contribution in [-0.2, 0) is 9.63 Å². The van der Waals surface area contributed by atoms with E-state index in [0.717, 1.165) is 0 Å². The summed E-state index contributed by atoms with van der Waals surface area (Å²) >= 11 is 16.8. The van der Waals surface area contributed by atoms with Gasteiger partial charge in [-0.05, 0) is 55.5 Å². The van der Waals surface area contributed by atoms with Crippen LogP contribution in [0.1, 0.15) is 6.92 Å². The summed E-state index contributed by atoms with van der Waals surface area (Å²) in [7, 11) is 0. The van der Waals surface area contributed by atoms with Gasteiger partial charge in [0.15, 0.2) is 6.10 Å². The van der Waals surface area contributed by atoms with Gasteiger partial charge in [0.2, 0.25) is 5.88 Å². The van der Waals surface area contributed by atoms with Gasteiger partial charge >= 0.3 is 0 Å². The number of rotatable bonds is 8. The highest BCUT2D eigenvalue weighted by atomic mass is 35.5. The van der Waals surface area contributed by atoms with E-state index in [0.29, 0.717) is 33.4 Å². The molecule has 0 saturated carbocycles. The Bertz CT molecular complexity index is 1060. The number of carbonyl (C=O) groups is 1. The molecule has 0 saturated heterocycles. The average Bonchev–Trinajstić information content (AvgIpc) is 2.72. The molecule has 0 radical (unpaired) electrons. The molecule has 156 valence electrons. The molecule has 1 atom stereocenters. The van der Waals surface area contributed by atoms with E-state index in [-0.39, 0.29) is 11.1 Å². The Hall–Kier alpha value is -2.58. The van der Waals surface area contributed by atoms with E-state index in [9.17, 15) is 4.79 Å². The normalized spacial score (nSPS) is 11.6. The van der Waals surface area contributed by atoms with Crippen LogP contribution < -0.4 is 15.0 Å². The lowest BCUT2D eigenvalue weighted by molar-refractivity contribution is -0.139. The van der Waals surface area contributed by atoms with Crippen molar-refractivity contribution in [1.82, 2.24) is 15.4 Å². The average molecular weight is 469 g/mol. The minimum Gasteiger partial charge on any atom is -0.481 e. The summed E-state index contributed by atoms with van der Waals surface area (Å²) in [5, 5.41) is 0.590. The fraction of sp³-hybridized carbons (Fsp3) is 0.150. The van der Waals surface area contributed by atoms with Crippen LogP contribution in [0.25, 0.3) is 11.0 Å². The predicted molar refractivity (Wildman–Crippen MR) is 115 cm³/mol. The first-order valence-corrected chi connectivity index (χ1v) is 9.84. The molecule has 1 aromatic heterocycles. The lowest BCUT2D eigenvalue weighted by Crippen LogP contribution is -2.36. The van der Waals surface area contributed by atoms with Crippen LogP contribution in [0.3, 0.4) is 0 Å². The van der Waals surface area contributed by atoms with Gasteiger partial charge in [-0.1, -0.05) is 34.8 Å². The monoisotopic (exact) mass is 467 g/mol. The number of carbonyl (C=O) groups excluding carboxylic acids is 1. The maximum absolute atomic E-state index is 11.9. The van der Waals surface area contributed by atoms with Crippen molar-refractivity contribution in [3.05, 3.63) is 64.3 Å². The number of hydrogen-bond acceptors (Lipinski definition) is 6. The van der Waals surface area contributed by atoms with E-state index in [2.05, 4.69) is 15.4 Å².